The van der Waals surface area contributed by atoms with Crippen molar-refractivity contribution in [3.8, 4) is 0 Å². The topological polar surface area (TPSA) is 58.4 Å². The van der Waals surface area contributed by atoms with E-state index in [4.69, 9.17) is 5.84 Å². The molecule has 0 bridgehead atoms. The Morgan fingerprint density at radius 3 is 2.67 bits per heavy atom. The fraction of sp³-hybridized carbons (Fsp3) is 0.312. The third-order valence-corrected chi connectivity index (χ3v) is 4.53. The summed E-state index contributed by atoms with van der Waals surface area (Å²) in [7, 11) is 0. The van der Waals surface area contributed by atoms with Crippen LogP contribution < -0.4 is 11.3 Å². The van der Waals surface area contributed by atoms with Crippen LogP contribution in [-0.4, -0.2) is 16.8 Å². The van der Waals surface area contributed by atoms with E-state index in [2.05, 4.69) is 27.2 Å². The number of amides is 1. The van der Waals surface area contributed by atoms with Gasteiger partial charge in [0, 0.05) is 12.6 Å². The second-order valence-electron chi connectivity index (χ2n) is 5.36. The first-order valence-corrected chi connectivity index (χ1v) is 8.06. The lowest BCUT2D eigenvalue weighted by atomic mass is 10.0. The van der Waals surface area contributed by atoms with Crippen LogP contribution in [-0.2, 0) is 11.3 Å². The van der Waals surface area contributed by atoms with Crippen molar-refractivity contribution in [3.05, 3.63) is 58.3 Å². The van der Waals surface area contributed by atoms with Gasteiger partial charge < -0.3 is 0 Å². The smallest absolute Gasteiger partial charge is 0.255 e. The summed E-state index contributed by atoms with van der Waals surface area (Å²) in [5.74, 6) is 5.27. The zero-order valence-electron chi connectivity index (χ0n) is 11.7. The molecule has 2 aromatic rings. The Morgan fingerprint density at radius 2 is 2.10 bits per heavy atom. The molecule has 1 unspecified atom stereocenters. The number of hydrazine groups is 1. The Kier molecular flexibility index (Phi) is 4.34. The maximum absolute atomic E-state index is 12.3. The van der Waals surface area contributed by atoms with E-state index in [1.54, 1.807) is 11.3 Å². The van der Waals surface area contributed by atoms with Gasteiger partial charge in [-0.1, -0.05) is 30.3 Å². The van der Waals surface area contributed by atoms with Crippen LogP contribution in [0.2, 0.25) is 0 Å². The van der Waals surface area contributed by atoms with Gasteiger partial charge in [0.1, 0.15) is 6.04 Å². The number of nitrogens with zero attached hydrogens (tertiary/aromatic N) is 1. The van der Waals surface area contributed by atoms with Crippen LogP contribution in [0, 0.1) is 0 Å². The molecular formula is C16H19N3OS. The monoisotopic (exact) mass is 301 g/mol. The first-order valence-electron chi connectivity index (χ1n) is 7.12. The molecule has 1 saturated carbocycles. The van der Waals surface area contributed by atoms with E-state index in [1.807, 2.05) is 30.3 Å². The van der Waals surface area contributed by atoms with Gasteiger partial charge in [0.05, 0.1) is 0 Å². The molecule has 1 aliphatic carbocycles. The minimum Gasteiger partial charge on any atom is -0.293 e. The van der Waals surface area contributed by atoms with Crippen LogP contribution in [0.15, 0.2) is 47.2 Å². The highest BCUT2D eigenvalue weighted by atomic mass is 32.1. The number of nitrogens with one attached hydrogen (secondary N) is 1. The van der Waals surface area contributed by atoms with Crippen molar-refractivity contribution in [3.63, 3.8) is 0 Å². The predicted molar refractivity (Wildman–Crippen MR) is 84.4 cm³/mol. The zero-order valence-corrected chi connectivity index (χ0v) is 12.6. The normalized spacial score (nSPS) is 15.9. The van der Waals surface area contributed by atoms with Gasteiger partial charge in [0.25, 0.3) is 5.91 Å². The van der Waals surface area contributed by atoms with E-state index in [-0.39, 0.29) is 11.9 Å². The molecule has 3 N–H and O–H groups in total. The molecule has 1 heterocycles. The first-order chi connectivity index (χ1) is 10.3. The van der Waals surface area contributed by atoms with Crippen LogP contribution in [0.5, 0.6) is 0 Å². The molecule has 0 radical (unpaired) electrons. The molecule has 1 aromatic heterocycles. The Bertz CT molecular complexity index is 581. The second-order valence-corrected chi connectivity index (χ2v) is 6.14. The summed E-state index contributed by atoms with van der Waals surface area (Å²) in [4.78, 5) is 14.6. The fourth-order valence-corrected chi connectivity index (χ4v) is 3.30. The molecule has 5 heteroatoms. The molecular weight excluding hydrogens is 282 g/mol. The van der Waals surface area contributed by atoms with E-state index in [9.17, 15) is 4.79 Å². The molecule has 1 amide bonds. The van der Waals surface area contributed by atoms with E-state index >= 15 is 0 Å². The SMILES string of the molecule is NNC(=O)C(c1ccccc1)N(Cc1ccsc1)C1CC1. The van der Waals surface area contributed by atoms with Crippen molar-refractivity contribution in [1.82, 2.24) is 10.3 Å². The van der Waals surface area contributed by atoms with Gasteiger partial charge in [0.2, 0.25) is 0 Å². The van der Waals surface area contributed by atoms with Crippen molar-refractivity contribution in [2.45, 2.75) is 31.5 Å². The minimum atomic E-state index is -0.330. The lowest BCUT2D eigenvalue weighted by Gasteiger charge is -2.30. The molecule has 3 rings (SSSR count). The van der Waals surface area contributed by atoms with Gasteiger partial charge in [0.15, 0.2) is 0 Å². The molecule has 1 fully saturated rings. The van der Waals surface area contributed by atoms with Gasteiger partial charge in [-0.2, -0.15) is 11.3 Å². The van der Waals surface area contributed by atoms with Crippen molar-refractivity contribution in [2.75, 3.05) is 0 Å². The highest BCUT2D eigenvalue weighted by molar-refractivity contribution is 7.07. The number of carbonyl (C=O) groups excluding carboxylic acids is 1. The Hall–Kier alpha value is -1.69. The lowest BCUT2D eigenvalue weighted by Crippen LogP contribution is -2.44. The summed E-state index contributed by atoms with van der Waals surface area (Å²) < 4.78 is 0. The molecule has 21 heavy (non-hydrogen) atoms. The van der Waals surface area contributed by atoms with Crippen LogP contribution >= 0.6 is 11.3 Å². The number of hydrogen-bond acceptors (Lipinski definition) is 4. The number of nitrogens with two attached hydrogens (primary N) is 1. The van der Waals surface area contributed by atoms with E-state index in [0.29, 0.717) is 6.04 Å². The van der Waals surface area contributed by atoms with Crippen molar-refractivity contribution in [1.29, 1.82) is 0 Å². The number of benzene rings is 1. The standard InChI is InChI=1S/C16H19N3OS/c17-18-16(20)15(13-4-2-1-3-5-13)19(14-6-7-14)10-12-8-9-21-11-12/h1-5,8-9,11,14-15H,6-7,10,17H2,(H,18,20). The molecule has 1 atom stereocenters. The maximum atomic E-state index is 12.3. The largest absolute Gasteiger partial charge is 0.293 e. The second kappa shape index (κ2) is 6.39. The van der Waals surface area contributed by atoms with Gasteiger partial charge in [-0.25, -0.2) is 5.84 Å². The number of rotatable bonds is 6. The van der Waals surface area contributed by atoms with Crippen LogP contribution in [0.25, 0.3) is 0 Å². The summed E-state index contributed by atoms with van der Waals surface area (Å²) in [6.07, 6.45) is 2.29. The first kappa shape index (κ1) is 14.3. The number of hydrogen-bond donors (Lipinski definition) is 2. The number of thiophene rings is 1. The quantitative estimate of drug-likeness (QED) is 0.489. The summed E-state index contributed by atoms with van der Waals surface area (Å²) >= 11 is 1.68. The average molecular weight is 301 g/mol. The van der Waals surface area contributed by atoms with Gasteiger partial charge in [-0.05, 0) is 40.8 Å². The van der Waals surface area contributed by atoms with Crippen LogP contribution in [0.3, 0.4) is 0 Å². The van der Waals surface area contributed by atoms with Crippen molar-refractivity contribution >= 4 is 17.2 Å². The minimum absolute atomic E-state index is 0.150. The van der Waals surface area contributed by atoms with Crippen molar-refractivity contribution in [2.24, 2.45) is 5.84 Å². The van der Waals surface area contributed by atoms with Gasteiger partial charge in [-0.15, -0.1) is 0 Å². The molecule has 110 valence electrons. The molecule has 0 spiro atoms. The Balaban J connectivity index is 1.90. The molecule has 0 aliphatic heterocycles. The third-order valence-electron chi connectivity index (χ3n) is 3.80. The summed E-state index contributed by atoms with van der Waals surface area (Å²) in [6, 6.07) is 12.1. The molecule has 4 nitrogen and oxygen atoms in total. The lowest BCUT2D eigenvalue weighted by molar-refractivity contribution is -0.127. The average Bonchev–Trinajstić information content (AvgIpc) is 3.24. The summed E-state index contributed by atoms with van der Waals surface area (Å²) in [5, 5.41) is 4.21. The fourth-order valence-electron chi connectivity index (χ4n) is 2.64. The molecule has 1 aromatic carbocycles. The van der Waals surface area contributed by atoms with E-state index in [1.165, 1.54) is 5.56 Å². The Morgan fingerprint density at radius 1 is 1.33 bits per heavy atom. The molecule has 0 saturated heterocycles. The summed E-state index contributed by atoms with van der Waals surface area (Å²) in [6.45, 7) is 0.779. The Labute approximate surface area is 128 Å². The molecule has 1 aliphatic rings. The van der Waals surface area contributed by atoms with Gasteiger partial charge in [-0.3, -0.25) is 15.1 Å². The van der Waals surface area contributed by atoms with E-state index < -0.39 is 0 Å². The van der Waals surface area contributed by atoms with Crippen LogP contribution in [0.1, 0.15) is 30.0 Å². The maximum Gasteiger partial charge on any atom is 0.255 e. The predicted octanol–water partition coefficient (Wildman–Crippen LogP) is 2.44. The third kappa shape index (κ3) is 3.32. The number of carbonyl (C=O) groups is 1. The summed E-state index contributed by atoms with van der Waals surface area (Å²) in [5.41, 5.74) is 4.56. The highest BCUT2D eigenvalue weighted by Gasteiger charge is 2.37. The van der Waals surface area contributed by atoms with Gasteiger partial charge >= 0.3 is 0 Å². The van der Waals surface area contributed by atoms with Crippen LogP contribution in [0.4, 0.5) is 0 Å². The van der Waals surface area contributed by atoms with Crippen molar-refractivity contribution < 1.29 is 4.79 Å². The van der Waals surface area contributed by atoms with E-state index in [0.717, 1.165) is 24.9 Å². The zero-order chi connectivity index (χ0) is 14.7. The highest BCUT2D eigenvalue weighted by Crippen LogP contribution is 2.36.